The Kier molecular flexibility index (Phi) is 15.2. The highest BCUT2D eigenvalue weighted by Gasteiger charge is 2.31. The standard InChI is InChI=1S/C32H55N5O6/c1-22(2)33-32(41)36(8)20-29-23(3)19-37(24(4)21-38)31(40)27-18-26(34-30(39)13-11-16-35(6)7)14-15-28(27)43-25(5)12-9-10-17-42-29/h14-15,18,22-25,29,38H,9-13,16-17,19-21H2,1-8H3,(H,33,41)(H,34,39)/t23-,24+,25+,29+/m1/s1. The molecule has 0 radical (unpaired) electrons. The maximum absolute atomic E-state index is 14.2. The van der Waals surface area contributed by atoms with Crippen LogP contribution < -0.4 is 15.4 Å². The van der Waals surface area contributed by atoms with Gasteiger partial charge in [0.2, 0.25) is 5.91 Å². The number of nitrogens with zero attached hydrogens (tertiary/aromatic N) is 3. The van der Waals surface area contributed by atoms with Crippen LogP contribution in [-0.2, 0) is 9.53 Å². The number of carbonyl (C=O) groups is 3. The van der Waals surface area contributed by atoms with Crippen molar-refractivity contribution in [3.8, 4) is 5.75 Å². The quantitative estimate of drug-likeness (QED) is 0.371. The van der Waals surface area contributed by atoms with Crippen LogP contribution in [0.25, 0.3) is 0 Å². The molecule has 0 bridgehead atoms. The summed E-state index contributed by atoms with van der Waals surface area (Å²) in [7, 11) is 5.67. The largest absolute Gasteiger partial charge is 0.490 e. The number of rotatable bonds is 10. The zero-order valence-corrected chi connectivity index (χ0v) is 27.5. The minimum absolute atomic E-state index is 0.00722. The lowest BCUT2D eigenvalue weighted by Gasteiger charge is -2.36. The number of aliphatic hydroxyl groups is 1. The van der Waals surface area contributed by atoms with Gasteiger partial charge in [0, 0.05) is 50.8 Å². The molecule has 1 aromatic rings. The molecule has 0 aromatic heterocycles. The Morgan fingerprint density at radius 3 is 2.51 bits per heavy atom. The van der Waals surface area contributed by atoms with Crippen molar-refractivity contribution >= 4 is 23.5 Å². The molecule has 1 aliphatic heterocycles. The number of benzene rings is 1. The third-order valence-corrected chi connectivity index (χ3v) is 7.56. The maximum atomic E-state index is 14.2. The van der Waals surface area contributed by atoms with Gasteiger partial charge in [-0.3, -0.25) is 9.59 Å². The molecular weight excluding hydrogens is 550 g/mol. The highest BCUT2D eigenvalue weighted by molar-refractivity contribution is 5.99. The van der Waals surface area contributed by atoms with Gasteiger partial charge in [0.15, 0.2) is 0 Å². The summed E-state index contributed by atoms with van der Waals surface area (Å²) in [5, 5.41) is 16.0. The average molecular weight is 606 g/mol. The summed E-state index contributed by atoms with van der Waals surface area (Å²) in [5.41, 5.74) is 0.844. The Hall–Kier alpha value is -2.89. The first-order valence-electron chi connectivity index (χ1n) is 15.6. The van der Waals surface area contributed by atoms with Crippen molar-refractivity contribution < 1.29 is 29.0 Å². The minimum atomic E-state index is -0.486. The average Bonchev–Trinajstić information content (AvgIpc) is 2.93. The first-order chi connectivity index (χ1) is 20.3. The van der Waals surface area contributed by atoms with E-state index in [0.717, 1.165) is 32.2 Å². The van der Waals surface area contributed by atoms with E-state index in [1.54, 1.807) is 42.0 Å². The lowest BCUT2D eigenvalue weighted by molar-refractivity contribution is -0.116. The number of amides is 4. The van der Waals surface area contributed by atoms with Crippen LogP contribution in [0.5, 0.6) is 5.75 Å². The third-order valence-electron chi connectivity index (χ3n) is 7.56. The number of anilines is 1. The highest BCUT2D eigenvalue weighted by Crippen LogP contribution is 2.28. The number of hydrogen-bond acceptors (Lipinski definition) is 7. The smallest absolute Gasteiger partial charge is 0.317 e. The van der Waals surface area contributed by atoms with Gasteiger partial charge in [-0.15, -0.1) is 0 Å². The zero-order chi connectivity index (χ0) is 32.1. The van der Waals surface area contributed by atoms with E-state index in [-0.39, 0.29) is 48.6 Å². The molecule has 1 aliphatic rings. The highest BCUT2D eigenvalue weighted by atomic mass is 16.5. The van der Waals surface area contributed by atoms with Gasteiger partial charge >= 0.3 is 6.03 Å². The van der Waals surface area contributed by atoms with E-state index in [1.165, 1.54) is 0 Å². The summed E-state index contributed by atoms with van der Waals surface area (Å²) in [4.78, 5) is 44.8. The molecule has 0 spiro atoms. The van der Waals surface area contributed by atoms with Crippen LogP contribution in [-0.4, -0.2) is 116 Å². The van der Waals surface area contributed by atoms with E-state index < -0.39 is 6.04 Å². The number of carbonyl (C=O) groups excluding carboxylic acids is 3. The maximum Gasteiger partial charge on any atom is 0.317 e. The second-order valence-electron chi connectivity index (χ2n) is 12.5. The van der Waals surface area contributed by atoms with E-state index in [1.807, 2.05) is 46.7 Å². The predicted octanol–water partition coefficient (Wildman–Crippen LogP) is 3.81. The Labute approximate surface area is 258 Å². The molecule has 2 rings (SSSR count). The Balaban J connectivity index is 2.39. The summed E-state index contributed by atoms with van der Waals surface area (Å²) in [6, 6.07) is 4.51. The van der Waals surface area contributed by atoms with Crippen molar-refractivity contribution in [2.24, 2.45) is 5.92 Å². The van der Waals surface area contributed by atoms with Crippen LogP contribution in [0.2, 0.25) is 0 Å². The lowest BCUT2D eigenvalue weighted by atomic mass is 10.0. The second kappa shape index (κ2) is 18.0. The Morgan fingerprint density at radius 2 is 1.86 bits per heavy atom. The molecule has 4 amide bonds. The van der Waals surface area contributed by atoms with Gasteiger partial charge in [-0.25, -0.2) is 4.79 Å². The summed E-state index contributed by atoms with van der Waals surface area (Å²) in [6.45, 7) is 11.3. The van der Waals surface area contributed by atoms with Crippen LogP contribution in [0.1, 0.15) is 77.1 Å². The van der Waals surface area contributed by atoms with E-state index in [0.29, 0.717) is 43.1 Å². The molecule has 43 heavy (non-hydrogen) atoms. The fourth-order valence-electron chi connectivity index (χ4n) is 4.95. The molecule has 11 nitrogen and oxygen atoms in total. The van der Waals surface area contributed by atoms with Crippen molar-refractivity contribution in [3.05, 3.63) is 23.8 Å². The molecule has 244 valence electrons. The number of hydrogen-bond donors (Lipinski definition) is 3. The molecule has 0 saturated heterocycles. The summed E-state index contributed by atoms with van der Waals surface area (Å²) in [5.74, 6) is -0.135. The van der Waals surface area contributed by atoms with Gasteiger partial charge in [0.1, 0.15) is 5.75 Å². The first-order valence-corrected chi connectivity index (χ1v) is 15.6. The minimum Gasteiger partial charge on any atom is -0.490 e. The molecule has 0 fully saturated rings. The van der Waals surface area contributed by atoms with Crippen LogP contribution in [0.4, 0.5) is 10.5 Å². The SMILES string of the molecule is CC(C)NC(=O)N(C)C[C@@H]1OCCCC[C@H](C)Oc2ccc(NC(=O)CCCN(C)C)cc2C(=O)N([C@@H](C)CO)C[C@H]1C. The predicted molar refractivity (Wildman–Crippen MR) is 170 cm³/mol. The van der Waals surface area contributed by atoms with E-state index in [4.69, 9.17) is 9.47 Å². The molecule has 0 saturated carbocycles. The zero-order valence-electron chi connectivity index (χ0n) is 27.5. The summed E-state index contributed by atoms with van der Waals surface area (Å²) >= 11 is 0. The molecule has 1 heterocycles. The van der Waals surface area contributed by atoms with E-state index in [9.17, 15) is 19.5 Å². The number of urea groups is 1. The number of likely N-dealkylation sites (N-methyl/N-ethyl adjacent to an activating group) is 1. The molecule has 11 heteroatoms. The molecule has 4 atom stereocenters. The lowest BCUT2D eigenvalue weighted by Crippen LogP contribution is -2.49. The van der Waals surface area contributed by atoms with Gasteiger partial charge in [-0.05, 0) is 92.2 Å². The topological polar surface area (TPSA) is 124 Å². The van der Waals surface area contributed by atoms with Gasteiger partial charge in [-0.2, -0.15) is 0 Å². The van der Waals surface area contributed by atoms with Gasteiger partial charge in [-0.1, -0.05) is 6.92 Å². The van der Waals surface area contributed by atoms with Crippen LogP contribution in [0.15, 0.2) is 18.2 Å². The molecule has 3 N–H and O–H groups in total. The van der Waals surface area contributed by atoms with E-state index >= 15 is 0 Å². The molecule has 0 unspecified atom stereocenters. The Bertz CT molecular complexity index is 1040. The summed E-state index contributed by atoms with van der Waals surface area (Å²) < 4.78 is 12.6. The van der Waals surface area contributed by atoms with Crippen LogP contribution in [0.3, 0.4) is 0 Å². The molecule has 1 aromatic carbocycles. The third kappa shape index (κ3) is 12.3. The van der Waals surface area contributed by atoms with Gasteiger partial charge in [0.25, 0.3) is 5.91 Å². The van der Waals surface area contributed by atoms with Crippen molar-refractivity contribution in [1.29, 1.82) is 0 Å². The van der Waals surface area contributed by atoms with Gasteiger partial charge in [0.05, 0.1) is 30.4 Å². The number of nitrogens with one attached hydrogen (secondary N) is 2. The van der Waals surface area contributed by atoms with Crippen molar-refractivity contribution in [3.63, 3.8) is 0 Å². The second-order valence-corrected chi connectivity index (χ2v) is 12.5. The fourth-order valence-corrected chi connectivity index (χ4v) is 4.95. The van der Waals surface area contributed by atoms with Crippen molar-refractivity contribution in [1.82, 2.24) is 20.0 Å². The summed E-state index contributed by atoms with van der Waals surface area (Å²) in [6.07, 6.45) is 3.10. The first kappa shape index (κ1) is 36.3. The van der Waals surface area contributed by atoms with Crippen LogP contribution in [0, 0.1) is 5.92 Å². The van der Waals surface area contributed by atoms with Crippen LogP contribution >= 0.6 is 0 Å². The van der Waals surface area contributed by atoms with E-state index in [2.05, 4.69) is 10.6 Å². The monoisotopic (exact) mass is 605 g/mol. The fraction of sp³-hybridized carbons (Fsp3) is 0.719. The van der Waals surface area contributed by atoms with Gasteiger partial charge < -0.3 is 39.9 Å². The van der Waals surface area contributed by atoms with Crippen molar-refractivity contribution in [2.75, 3.05) is 59.3 Å². The number of fused-ring (bicyclic) bond motifs is 1. The van der Waals surface area contributed by atoms with Crippen molar-refractivity contribution in [2.45, 2.75) is 91.0 Å². The Morgan fingerprint density at radius 1 is 1.14 bits per heavy atom. The molecule has 0 aliphatic carbocycles. The number of aliphatic hydroxyl groups excluding tert-OH is 1. The number of ether oxygens (including phenoxy) is 2. The molecular formula is C32H55N5O6. The normalized spacial score (nSPS) is 21.0.